The van der Waals surface area contributed by atoms with Crippen LogP contribution in [0.2, 0.25) is 0 Å². The average molecular weight is 344 g/mol. The highest BCUT2D eigenvalue weighted by Crippen LogP contribution is 2.22. The summed E-state index contributed by atoms with van der Waals surface area (Å²) in [4.78, 5) is 12.2. The van der Waals surface area contributed by atoms with E-state index in [1.54, 1.807) is 31.4 Å². The molecule has 2 aromatic heterocycles. The molecule has 24 heavy (non-hydrogen) atoms. The molecule has 8 nitrogen and oxygen atoms in total. The lowest BCUT2D eigenvalue weighted by Gasteiger charge is -2.03. The molecule has 0 aliphatic heterocycles. The number of ether oxygens (including phenoxy) is 1. The Morgan fingerprint density at radius 2 is 2.08 bits per heavy atom. The zero-order chi connectivity index (χ0) is 17.1. The van der Waals surface area contributed by atoms with Crippen molar-refractivity contribution in [3.63, 3.8) is 0 Å². The second kappa shape index (κ2) is 6.75. The number of H-pyrrole nitrogens is 1. The van der Waals surface area contributed by atoms with Crippen LogP contribution in [0, 0.1) is 6.92 Å². The standard InChI is InChI=1S/C15H16N6O2S/c1-9-7-12(18-17-9)14-19-20-15(21(14)16)24-8-13(22)10-3-5-11(23-2)6-4-10/h3-7H,8,16H2,1-2H3,(H,17,18). The maximum Gasteiger partial charge on any atom is 0.210 e. The van der Waals surface area contributed by atoms with Crippen molar-refractivity contribution in [2.75, 3.05) is 18.7 Å². The van der Waals surface area contributed by atoms with Gasteiger partial charge in [0.05, 0.1) is 12.9 Å². The highest BCUT2D eigenvalue weighted by atomic mass is 32.2. The lowest BCUT2D eigenvalue weighted by atomic mass is 10.1. The summed E-state index contributed by atoms with van der Waals surface area (Å²) in [5, 5.41) is 15.4. The topological polar surface area (TPSA) is 112 Å². The van der Waals surface area contributed by atoms with Gasteiger partial charge in [0.25, 0.3) is 0 Å². The zero-order valence-corrected chi connectivity index (χ0v) is 14.0. The first-order chi connectivity index (χ1) is 11.6. The normalized spacial score (nSPS) is 10.8. The molecule has 0 amide bonds. The molecule has 0 unspecified atom stereocenters. The highest BCUT2D eigenvalue weighted by Gasteiger charge is 2.16. The van der Waals surface area contributed by atoms with Gasteiger partial charge >= 0.3 is 0 Å². The number of nitrogens with zero attached hydrogens (tertiary/aromatic N) is 4. The Bertz CT molecular complexity index is 855. The van der Waals surface area contributed by atoms with E-state index < -0.39 is 0 Å². The molecule has 0 bridgehead atoms. The number of aromatic amines is 1. The fraction of sp³-hybridized carbons (Fsp3) is 0.200. The Balaban J connectivity index is 1.68. The Morgan fingerprint density at radius 3 is 2.71 bits per heavy atom. The van der Waals surface area contributed by atoms with Crippen LogP contribution in [-0.2, 0) is 0 Å². The van der Waals surface area contributed by atoms with Crippen LogP contribution in [0.4, 0.5) is 0 Å². The number of hydrogen-bond donors (Lipinski definition) is 2. The van der Waals surface area contributed by atoms with Crippen LogP contribution in [0.25, 0.3) is 11.5 Å². The van der Waals surface area contributed by atoms with E-state index in [-0.39, 0.29) is 11.5 Å². The summed E-state index contributed by atoms with van der Waals surface area (Å²) < 4.78 is 6.41. The Labute approximate surface area is 142 Å². The van der Waals surface area contributed by atoms with Crippen LogP contribution >= 0.6 is 11.8 Å². The molecule has 0 saturated carbocycles. The summed E-state index contributed by atoms with van der Waals surface area (Å²) >= 11 is 1.23. The maximum absolute atomic E-state index is 12.2. The number of aryl methyl sites for hydroxylation is 1. The number of nitrogen functional groups attached to an aromatic ring is 1. The second-order valence-electron chi connectivity index (χ2n) is 5.05. The quantitative estimate of drug-likeness (QED) is 0.397. The van der Waals surface area contributed by atoms with Gasteiger partial charge in [-0.1, -0.05) is 11.8 Å². The van der Waals surface area contributed by atoms with E-state index >= 15 is 0 Å². The van der Waals surface area contributed by atoms with E-state index in [1.165, 1.54) is 16.4 Å². The zero-order valence-electron chi connectivity index (χ0n) is 13.2. The molecule has 124 valence electrons. The van der Waals surface area contributed by atoms with Gasteiger partial charge < -0.3 is 10.6 Å². The molecule has 0 atom stereocenters. The maximum atomic E-state index is 12.2. The first kappa shape index (κ1) is 16.1. The third-order valence-corrected chi connectivity index (χ3v) is 4.29. The van der Waals surface area contributed by atoms with Crippen molar-refractivity contribution in [1.82, 2.24) is 25.1 Å². The smallest absolute Gasteiger partial charge is 0.210 e. The fourth-order valence-electron chi connectivity index (χ4n) is 2.07. The molecule has 0 fully saturated rings. The molecule has 0 radical (unpaired) electrons. The number of benzene rings is 1. The molecule has 9 heteroatoms. The van der Waals surface area contributed by atoms with Crippen molar-refractivity contribution in [3.05, 3.63) is 41.6 Å². The van der Waals surface area contributed by atoms with Gasteiger partial charge in [0.2, 0.25) is 11.0 Å². The first-order valence-corrected chi connectivity index (χ1v) is 8.10. The molecule has 0 aliphatic carbocycles. The monoisotopic (exact) mass is 344 g/mol. The van der Waals surface area contributed by atoms with Gasteiger partial charge in [-0.25, -0.2) is 4.68 Å². The molecule has 0 spiro atoms. The van der Waals surface area contributed by atoms with Gasteiger partial charge in [0.15, 0.2) is 5.78 Å². The van der Waals surface area contributed by atoms with Gasteiger partial charge in [-0.3, -0.25) is 9.89 Å². The highest BCUT2D eigenvalue weighted by molar-refractivity contribution is 7.99. The summed E-state index contributed by atoms with van der Waals surface area (Å²) in [7, 11) is 1.58. The molecule has 1 aromatic carbocycles. The number of carbonyl (C=O) groups is 1. The minimum atomic E-state index is -0.0252. The Morgan fingerprint density at radius 1 is 1.33 bits per heavy atom. The van der Waals surface area contributed by atoms with E-state index in [0.717, 1.165) is 5.69 Å². The van der Waals surface area contributed by atoms with Crippen molar-refractivity contribution in [2.24, 2.45) is 0 Å². The Hall–Kier alpha value is -2.81. The molecular formula is C15H16N6O2S. The summed E-state index contributed by atoms with van der Waals surface area (Å²) in [6.45, 7) is 1.89. The summed E-state index contributed by atoms with van der Waals surface area (Å²) in [5.41, 5.74) is 2.11. The van der Waals surface area contributed by atoms with Gasteiger partial charge in [-0.2, -0.15) is 5.10 Å². The van der Waals surface area contributed by atoms with Gasteiger partial charge in [0.1, 0.15) is 11.4 Å². The predicted molar refractivity (Wildman–Crippen MR) is 90.5 cm³/mol. The van der Waals surface area contributed by atoms with Gasteiger partial charge in [-0.05, 0) is 37.3 Å². The van der Waals surface area contributed by atoms with Crippen LogP contribution < -0.4 is 10.6 Å². The van der Waals surface area contributed by atoms with Crippen LogP contribution in [0.3, 0.4) is 0 Å². The number of nitrogens with two attached hydrogens (primary N) is 1. The van der Waals surface area contributed by atoms with E-state index in [0.29, 0.717) is 28.0 Å². The fourth-order valence-corrected chi connectivity index (χ4v) is 2.82. The van der Waals surface area contributed by atoms with Crippen molar-refractivity contribution in [3.8, 4) is 17.3 Å². The number of nitrogens with one attached hydrogen (secondary N) is 1. The van der Waals surface area contributed by atoms with Crippen LogP contribution in [0.15, 0.2) is 35.5 Å². The molecule has 3 aromatic rings. The summed E-state index contributed by atoms with van der Waals surface area (Å²) in [6, 6.07) is 8.78. The van der Waals surface area contributed by atoms with Crippen LogP contribution in [-0.4, -0.2) is 43.7 Å². The van der Waals surface area contributed by atoms with Crippen molar-refractivity contribution in [1.29, 1.82) is 0 Å². The number of methoxy groups -OCH3 is 1. The van der Waals surface area contributed by atoms with E-state index in [2.05, 4.69) is 20.4 Å². The second-order valence-corrected chi connectivity index (χ2v) is 6.00. The molecule has 0 saturated heterocycles. The number of carbonyl (C=O) groups excluding carboxylic acids is 1. The van der Waals surface area contributed by atoms with Gasteiger partial charge in [-0.15, -0.1) is 10.2 Å². The minimum absolute atomic E-state index is 0.0252. The molecule has 3 N–H and O–H groups in total. The van der Waals surface area contributed by atoms with Crippen LogP contribution in [0.1, 0.15) is 16.1 Å². The molecule has 2 heterocycles. The summed E-state index contributed by atoms with van der Waals surface area (Å²) in [6.07, 6.45) is 0. The minimum Gasteiger partial charge on any atom is -0.497 e. The Kier molecular flexibility index (Phi) is 4.52. The van der Waals surface area contributed by atoms with Crippen molar-refractivity contribution >= 4 is 17.5 Å². The number of ketones is 1. The number of thioether (sulfide) groups is 1. The number of aromatic nitrogens is 5. The largest absolute Gasteiger partial charge is 0.497 e. The third kappa shape index (κ3) is 3.25. The SMILES string of the molecule is COc1ccc(C(=O)CSc2nnc(-c3cc(C)[nH]n3)n2N)cc1. The average Bonchev–Trinajstić information content (AvgIpc) is 3.18. The predicted octanol–water partition coefficient (Wildman–Crippen LogP) is 1.67. The summed E-state index contributed by atoms with van der Waals surface area (Å²) in [5.74, 6) is 7.33. The van der Waals surface area contributed by atoms with Gasteiger partial charge in [0, 0.05) is 11.3 Å². The van der Waals surface area contributed by atoms with Crippen molar-refractivity contribution < 1.29 is 9.53 Å². The first-order valence-electron chi connectivity index (χ1n) is 7.11. The van der Waals surface area contributed by atoms with E-state index in [9.17, 15) is 4.79 Å². The molecule has 3 rings (SSSR count). The van der Waals surface area contributed by atoms with E-state index in [1.807, 2.05) is 13.0 Å². The number of rotatable bonds is 6. The number of Topliss-reactive ketones (excluding diaryl/α,β-unsaturated/α-hetero) is 1. The number of hydrogen-bond acceptors (Lipinski definition) is 7. The molecular weight excluding hydrogens is 328 g/mol. The molecule has 0 aliphatic rings. The lowest BCUT2D eigenvalue weighted by molar-refractivity contribution is 0.102. The van der Waals surface area contributed by atoms with Crippen LogP contribution in [0.5, 0.6) is 5.75 Å². The van der Waals surface area contributed by atoms with Crippen molar-refractivity contribution in [2.45, 2.75) is 12.1 Å². The van der Waals surface area contributed by atoms with E-state index in [4.69, 9.17) is 10.6 Å². The third-order valence-electron chi connectivity index (χ3n) is 3.34. The lowest BCUT2D eigenvalue weighted by Crippen LogP contribution is -2.13.